The van der Waals surface area contributed by atoms with Crippen LogP contribution >= 0.6 is 0 Å². The molecule has 49 heavy (non-hydrogen) atoms. The molecule has 8 rings (SSSR count). The van der Waals surface area contributed by atoms with Crippen molar-refractivity contribution in [3.63, 3.8) is 0 Å². The molecule has 1 atom stereocenters. The molecular weight excluding hydrogens is 629 g/mol. The SMILES string of the molecule is Cn1cnnc1-c1ccc(C#N)cc1-c1cc(NCCC2CC2)nc(N2Cc3c(cc(CN4CCC(C5CC5)C4)cc3C(F)(F)F)C2=O)c1. The molecular formula is C37H37F3N8O. The summed E-state index contributed by atoms with van der Waals surface area (Å²) in [5.41, 5.74) is 2.24. The van der Waals surface area contributed by atoms with E-state index in [4.69, 9.17) is 4.98 Å². The zero-order chi connectivity index (χ0) is 33.9. The fourth-order valence-corrected chi connectivity index (χ4v) is 7.50. The standard InChI is InChI=1S/C37H37F3N8O/c1-46-21-43-45-35(46)28-7-4-23(17-41)12-29(28)27-15-33(42-10-8-22-2-3-22)44-34(16-27)48-20-31-30(36(48)49)13-24(14-32(31)37(38,39)40)18-47-11-9-26(19-47)25-5-6-25/h4,7,12-16,21-22,25-26H,2-3,5-6,8-11,18-20H2,1H3,(H,42,44). The second-order valence-electron chi connectivity index (χ2n) is 14.1. The third kappa shape index (κ3) is 6.39. The van der Waals surface area contributed by atoms with Gasteiger partial charge in [0.05, 0.1) is 23.7 Å². The lowest BCUT2D eigenvalue weighted by molar-refractivity contribution is -0.138. The van der Waals surface area contributed by atoms with Crippen LogP contribution < -0.4 is 10.2 Å². The minimum absolute atomic E-state index is 0.0276. The average molecular weight is 667 g/mol. The number of alkyl halides is 3. The molecule has 4 heterocycles. The monoisotopic (exact) mass is 666 g/mol. The number of benzene rings is 2. The largest absolute Gasteiger partial charge is 0.416 e. The van der Waals surface area contributed by atoms with Crippen LogP contribution in [0.3, 0.4) is 0 Å². The van der Waals surface area contributed by atoms with Gasteiger partial charge >= 0.3 is 6.18 Å². The minimum atomic E-state index is -4.62. The van der Waals surface area contributed by atoms with Crippen LogP contribution in [-0.2, 0) is 26.3 Å². The summed E-state index contributed by atoms with van der Waals surface area (Å²) in [4.78, 5) is 22.4. The van der Waals surface area contributed by atoms with Gasteiger partial charge in [-0.05, 0) is 115 Å². The zero-order valence-corrected chi connectivity index (χ0v) is 27.3. The lowest BCUT2D eigenvalue weighted by atomic mass is 9.97. The third-order valence-corrected chi connectivity index (χ3v) is 10.5. The molecule has 2 aromatic carbocycles. The van der Waals surface area contributed by atoms with E-state index in [9.17, 15) is 23.2 Å². The molecule has 12 heteroatoms. The van der Waals surface area contributed by atoms with Crippen molar-refractivity contribution in [1.82, 2.24) is 24.6 Å². The van der Waals surface area contributed by atoms with Crippen LogP contribution in [0.25, 0.3) is 22.5 Å². The molecule has 3 fully saturated rings. The van der Waals surface area contributed by atoms with Crippen molar-refractivity contribution in [2.45, 2.75) is 57.8 Å². The zero-order valence-electron chi connectivity index (χ0n) is 27.3. The van der Waals surface area contributed by atoms with Crippen molar-refractivity contribution in [2.75, 3.05) is 29.9 Å². The van der Waals surface area contributed by atoms with Gasteiger partial charge in [-0.3, -0.25) is 14.6 Å². The Bertz CT molecular complexity index is 1970. The van der Waals surface area contributed by atoms with E-state index in [0.29, 0.717) is 64.4 Å². The van der Waals surface area contributed by atoms with Crippen molar-refractivity contribution in [3.05, 3.63) is 76.6 Å². The van der Waals surface area contributed by atoms with E-state index in [1.807, 2.05) is 13.1 Å². The van der Waals surface area contributed by atoms with E-state index < -0.39 is 17.6 Å². The molecule has 0 bridgehead atoms. The van der Waals surface area contributed by atoms with Crippen molar-refractivity contribution >= 4 is 17.5 Å². The number of carbonyl (C=O) groups is 1. The van der Waals surface area contributed by atoms with Gasteiger partial charge in [0.25, 0.3) is 5.91 Å². The summed E-state index contributed by atoms with van der Waals surface area (Å²) in [6, 6.07) is 13.9. The molecule has 252 valence electrons. The summed E-state index contributed by atoms with van der Waals surface area (Å²) in [6.45, 7) is 2.55. The normalized spacial score (nSPS) is 19.4. The van der Waals surface area contributed by atoms with Crippen LogP contribution in [0.5, 0.6) is 0 Å². The van der Waals surface area contributed by atoms with Crippen LogP contribution in [-0.4, -0.2) is 50.2 Å². The Labute approximate surface area is 282 Å². The van der Waals surface area contributed by atoms with E-state index in [-0.39, 0.29) is 23.5 Å². The van der Waals surface area contributed by atoms with Crippen LogP contribution in [0.15, 0.2) is 48.8 Å². The third-order valence-electron chi connectivity index (χ3n) is 10.5. The quantitative estimate of drug-likeness (QED) is 0.194. The Morgan fingerprint density at radius 3 is 2.55 bits per heavy atom. The van der Waals surface area contributed by atoms with Crippen LogP contribution in [0.1, 0.15) is 71.1 Å². The topological polar surface area (TPSA) is 103 Å². The molecule has 2 aromatic heterocycles. The summed E-state index contributed by atoms with van der Waals surface area (Å²) < 4.78 is 45.6. The lowest BCUT2D eigenvalue weighted by Gasteiger charge is -2.19. The summed E-state index contributed by atoms with van der Waals surface area (Å²) in [5, 5.41) is 21.5. The van der Waals surface area contributed by atoms with Gasteiger partial charge in [-0.2, -0.15) is 18.4 Å². The number of aryl methyl sites for hydroxylation is 1. The van der Waals surface area contributed by atoms with Crippen molar-refractivity contribution < 1.29 is 18.0 Å². The van der Waals surface area contributed by atoms with E-state index in [2.05, 4.69) is 26.5 Å². The predicted octanol–water partition coefficient (Wildman–Crippen LogP) is 7.04. The van der Waals surface area contributed by atoms with Gasteiger partial charge in [0, 0.05) is 37.8 Å². The molecule has 2 aliphatic carbocycles. The Morgan fingerprint density at radius 2 is 1.84 bits per heavy atom. The Morgan fingerprint density at radius 1 is 1.00 bits per heavy atom. The summed E-state index contributed by atoms with van der Waals surface area (Å²) >= 11 is 0. The highest BCUT2D eigenvalue weighted by atomic mass is 19.4. The molecule has 2 aliphatic heterocycles. The lowest BCUT2D eigenvalue weighted by Crippen LogP contribution is -2.24. The van der Waals surface area contributed by atoms with Crippen molar-refractivity contribution in [3.8, 4) is 28.6 Å². The first-order chi connectivity index (χ1) is 23.6. The number of nitrogens with one attached hydrogen (secondary N) is 1. The molecule has 0 radical (unpaired) electrons. The molecule has 4 aromatic rings. The number of nitrogens with zero attached hydrogens (tertiary/aromatic N) is 7. The number of hydrogen-bond donors (Lipinski definition) is 1. The maximum absolute atomic E-state index is 14.6. The molecule has 1 amide bonds. The number of fused-ring (bicyclic) bond motifs is 1. The summed E-state index contributed by atoms with van der Waals surface area (Å²) in [5.74, 6) is 2.85. The summed E-state index contributed by atoms with van der Waals surface area (Å²) in [6.07, 6.45) is 3.91. The molecule has 0 spiro atoms. The molecule has 1 N–H and O–H groups in total. The minimum Gasteiger partial charge on any atom is -0.370 e. The molecule has 1 saturated heterocycles. The highest BCUT2D eigenvalue weighted by Crippen LogP contribution is 2.43. The first kappa shape index (κ1) is 31.5. The molecule has 2 saturated carbocycles. The predicted molar refractivity (Wildman–Crippen MR) is 178 cm³/mol. The number of anilines is 2. The number of pyridine rings is 1. The van der Waals surface area contributed by atoms with Gasteiger partial charge in [0.2, 0.25) is 0 Å². The Balaban J connectivity index is 1.17. The number of aromatic nitrogens is 4. The maximum Gasteiger partial charge on any atom is 0.416 e. The van der Waals surface area contributed by atoms with E-state index in [1.165, 1.54) is 36.6 Å². The van der Waals surface area contributed by atoms with Gasteiger partial charge < -0.3 is 9.88 Å². The maximum atomic E-state index is 14.6. The highest BCUT2D eigenvalue weighted by molar-refractivity contribution is 6.10. The first-order valence-electron chi connectivity index (χ1n) is 17.1. The van der Waals surface area contributed by atoms with Crippen molar-refractivity contribution in [2.24, 2.45) is 24.8 Å². The molecule has 4 aliphatic rings. The van der Waals surface area contributed by atoms with E-state index in [0.717, 1.165) is 31.8 Å². The first-order valence-corrected chi connectivity index (χ1v) is 17.1. The number of likely N-dealkylation sites (tertiary alicyclic amines) is 1. The van der Waals surface area contributed by atoms with Crippen LogP contribution in [0, 0.1) is 29.1 Å². The summed E-state index contributed by atoms with van der Waals surface area (Å²) in [7, 11) is 1.82. The van der Waals surface area contributed by atoms with Crippen molar-refractivity contribution in [1.29, 1.82) is 5.26 Å². The van der Waals surface area contributed by atoms with Gasteiger partial charge in [-0.25, -0.2) is 4.98 Å². The highest BCUT2D eigenvalue weighted by Gasteiger charge is 2.42. The van der Waals surface area contributed by atoms with Crippen LogP contribution in [0.4, 0.5) is 24.8 Å². The fraction of sp³-hybridized carbons (Fsp3) is 0.432. The second-order valence-corrected chi connectivity index (χ2v) is 14.1. The Kier molecular flexibility index (Phi) is 7.90. The smallest absolute Gasteiger partial charge is 0.370 e. The number of hydrogen-bond acceptors (Lipinski definition) is 7. The van der Waals surface area contributed by atoms with Gasteiger partial charge in [-0.1, -0.05) is 12.8 Å². The average Bonchev–Trinajstić information content (AvgIpc) is 3.99. The molecule has 9 nitrogen and oxygen atoms in total. The number of nitriles is 1. The fourth-order valence-electron chi connectivity index (χ4n) is 7.50. The Hall–Kier alpha value is -4.76. The molecule has 1 unspecified atom stereocenters. The number of halogens is 3. The number of amides is 1. The van der Waals surface area contributed by atoms with E-state index >= 15 is 0 Å². The number of carbonyl (C=O) groups excluding carboxylic acids is 1. The van der Waals surface area contributed by atoms with Gasteiger partial charge in [0.15, 0.2) is 5.82 Å². The van der Waals surface area contributed by atoms with E-state index in [1.54, 1.807) is 41.2 Å². The van der Waals surface area contributed by atoms with Gasteiger partial charge in [0.1, 0.15) is 18.0 Å². The second kappa shape index (κ2) is 12.3. The van der Waals surface area contributed by atoms with Gasteiger partial charge in [-0.15, -0.1) is 10.2 Å². The van der Waals surface area contributed by atoms with Crippen LogP contribution in [0.2, 0.25) is 0 Å². The number of rotatable bonds is 10.